The molecule has 1 aromatic heterocycles. The molecule has 0 aliphatic heterocycles. The Morgan fingerprint density at radius 1 is 1.14 bits per heavy atom. The predicted octanol–water partition coefficient (Wildman–Crippen LogP) is 4.32. The monoisotopic (exact) mass is 524 g/mol. The van der Waals surface area contributed by atoms with Gasteiger partial charge in [-0.3, -0.25) is 9.78 Å². The summed E-state index contributed by atoms with van der Waals surface area (Å²) in [5, 5.41) is 0.234. The minimum Gasteiger partial charge on any atom is -0.369 e. The number of carbonyl (C=O) groups excluding carboxylic acids is 1. The third kappa shape index (κ3) is 5.98. The number of primary amides is 1. The van der Waals surface area contributed by atoms with E-state index >= 15 is 0 Å². The molecule has 3 rings (SSSR count). The number of hydrogen-bond donors (Lipinski definition) is 1. The van der Waals surface area contributed by atoms with Crippen LogP contribution in [0.4, 0.5) is 13.2 Å². The van der Waals surface area contributed by atoms with Crippen molar-refractivity contribution in [3.8, 4) is 11.1 Å². The molecule has 12 heteroatoms. The summed E-state index contributed by atoms with van der Waals surface area (Å²) in [4.78, 5) is 17.0. The van der Waals surface area contributed by atoms with Gasteiger partial charge in [0.05, 0.1) is 16.4 Å². The van der Waals surface area contributed by atoms with Gasteiger partial charge in [-0.1, -0.05) is 41.9 Å². The minimum absolute atomic E-state index is 0.0781. The molecule has 184 valence electrons. The number of sulfonamides is 1. The van der Waals surface area contributed by atoms with E-state index in [0.717, 1.165) is 24.7 Å². The molecule has 0 bridgehead atoms. The Hall–Kier alpha value is -3.44. The number of rotatable bonds is 7. The molecule has 0 aliphatic carbocycles. The lowest BCUT2D eigenvalue weighted by atomic mass is 9.89. The lowest BCUT2D eigenvalue weighted by Crippen LogP contribution is -2.23. The van der Waals surface area contributed by atoms with E-state index < -0.39 is 38.5 Å². The third-order valence-electron chi connectivity index (χ3n) is 4.91. The largest absolute Gasteiger partial charge is 0.417 e. The van der Waals surface area contributed by atoms with Crippen molar-refractivity contribution in [3.63, 3.8) is 0 Å². The van der Waals surface area contributed by atoms with Crippen molar-refractivity contribution in [1.29, 1.82) is 0 Å². The Kier molecular flexibility index (Phi) is 7.51. The molecule has 1 heterocycles. The summed E-state index contributed by atoms with van der Waals surface area (Å²) in [7, 11) is -1.32. The van der Waals surface area contributed by atoms with Crippen LogP contribution in [0.1, 0.15) is 22.6 Å². The van der Waals surface area contributed by atoms with Crippen molar-refractivity contribution in [3.05, 3.63) is 82.6 Å². The van der Waals surface area contributed by atoms with Crippen molar-refractivity contribution in [2.24, 2.45) is 10.1 Å². The molecule has 7 nitrogen and oxygen atoms in total. The van der Waals surface area contributed by atoms with Crippen LogP contribution in [0, 0.1) is 0 Å². The van der Waals surface area contributed by atoms with Crippen LogP contribution in [-0.2, 0) is 21.0 Å². The molecule has 0 saturated carbocycles. The van der Waals surface area contributed by atoms with Gasteiger partial charge >= 0.3 is 6.18 Å². The first kappa shape index (κ1) is 26.2. The molecule has 1 atom stereocenters. The third-order valence-corrected chi connectivity index (χ3v) is 6.52. The summed E-state index contributed by atoms with van der Waals surface area (Å²) >= 11 is 6.24. The van der Waals surface area contributed by atoms with Gasteiger partial charge in [0, 0.05) is 42.6 Å². The molecule has 1 amide bonds. The number of amides is 1. The zero-order valence-corrected chi connectivity index (χ0v) is 20.1. The first-order valence-corrected chi connectivity index (χ1v) is 11.8. The van der Waals surface area contributed by atoms with E-state index in [9.17, 15) is 26.4 Å². The van der Waals surface area contributed by atoms with Gasteiger partial charge in [-0.25, -0.2) is 0 Å². The maximum absolute atomic E-state index is 13.3. The van der Waals surface area contributed by atoms with Crippen LogP contribution < -0.4 is 5.73 Å². The van der Waals surface area contributed by atoms with Crippen LogP contribution in [-0.4, -0.2) is 44.6 Å². The highest BCUT2D eigenvalue weighted by Crippen LogP contribution is 2.37. The quantitative estimate of drug-likeness (QED) is 0.366. The number of pyridine rings is 1. The fourth-order valence-electron chi connectivity index (χ4n) is 3.33. The molecular formula is C23H20ClF3N4O3S. The summed E-state index contributed by atoms with van der Waals surface area (Å²) in [6, 6.07) is 11.1. The van der Waals surface area contributed by atoms with Crippen LogP contribution in [0.5, 0.6) is 0 Å². The van der Waals surface area contributed by atoms with E-state index in [2.05, 4.69) is 9.38 Å². The first-order chi connectivity index (χ1) is 16.3. The summed E-state index contributed by atoms with van der Waals surface area (Å²) < 4.78 is 69.7. The van der Waals surface area contributed by atoms with Crippen LogP contribution in [0.25, 0.3) is 11.1 Å². The molecule has 2 N–H and O–H groups in total. The van der Waals surface area contributed by atoms with Crippen LogP contribution >= 0.6 is 11.6 Å². The molecular weight excluding hydrogens is 505 g/mol. The molecule has 1 unspecified atom stereocenters. The fraction of sp³-hybridized carbons (Fsp3) is 0.174. The summed E-state index contributed by atoms with van der Waals surface area (Å²) in [6.45, 7) is 0. The second-order valence-electron chi connectivity index (χ2n) is 7.73. The van der Waals surface area contributed by atoms with Crippen molar-refractivity contribution >= 4 is 33.9 Å². The fourth-order valence-corrected chi connectivity index (χ4v) is 4.75. The molecule has 0 saturated heterocycles. The Labute approximate surface area is 205 Å². The number of nitrogens with zero attached hydrogens (tertiary/aromatic N) is 3. The van der Waals surface area contributed by atoms with Gasteiger partial charge < -0.3 is 10.6 Å². The van der Waals surface area contributed by atoms with E-state index in [1.54, 1.807) is 38.4 Å². The maximum atomic E-state index is 13.3. The number of hydrogen-bond acceptors (Lipinski definition) is 4. The number of nitrogens with two attached hydrogens (primary N) is 1. The molecule has 0 aliphatic rings. The smallest absolute Gasteiger partial charge is 0.369 e. The summed E-state index contributed by atoms with van der Waals surface area (Å²) in [5.41, 5.74) is 4.92. The standard InChI is InChI=1S/C23H20ClF3N4O3S/c1-31(2)13-30-35(33,34)20-10-14(21(22(28)32)18-5-3-4-6-19(18)24)7-8-17(20)15-9-16(12-29-11-15)23(25,26)27/h3-13,21H,1-2H3,(H2,28,32)/b30-13+. The summed E-state index contributed by atoms with van der Waals surface area (Å²) in [5.74, 6) is -1.92. The maximum Gasteiger partial charge on any atom is 0.417 e. The average molecular weight is 525 g/mol. The topological polar surface area (TPSA) is 106 Å². The second-order valence-corrected chi connectivity index (χ2v) is 9.74. The Balaban J connectivity index is 2.29. The lowest BCUT2D eigenvalue weighted by molar-refractivity contribution is -0.137. The molecule has 0 fully saturated rings. The normalized spacial score (nSPS) is 13.1. The van der Waals surface area contributed by atoms with Gasteiger partial charge in [-0.15, -0.1) is 4.40 Å². The molecule has 2 aromatic carbocycles. The van der Waals surface area contributed by atoms with Crippen molar-refractivity contribution < 1.29 is 26.4 Å². The zero-order valence-electron chi connectivity index (χ0n) is 18.5. The molecule has 35 heavy (non-hydrogen) atoms. The van der Waals surface area contributed by atoms with E-state index in [0.29, 0.717) is 11.8 Å². The first-order valence-electron chi connectivity index (χ1n) is 9.98. The number of halogens is 4. The van der Waals surface area contributed by atoms with E-state index in [1.165, 1.54) is 17.0 Å². The van der Waals surface area contributed by atoms with Crippen molar-refractivity contribution in [2.45, 2.75) is 17.0 Å². The molecule has 0 radical (unpaired) electrons. The second kappa shape index (κ2) is 10.0. The number of alkyl halides is 3. The molecule has 0 spiro atoms. The number of carbonyl (C=O) groups is 1. The summed E-state index contributed by atoms with van der Waals surface area (Å²) in [6.07, 6.45) is -1.91. The van der Waals surface area contributed by atoms with Crippen molar-refractivity contribution in [2.75, 3.05) is 14.1 Å². The highest BCUT2D eigenvalue weighted by molar-refractivity contribution is 7.90. The van der Waals surface area contributed by atoms with Crippen molar-refractivity contribution in [1.82, 2.24) is 9.88 Å². The van der Waals surface area contributed by atoms with Crippen LogP contribution in [0.15, 0.2) is 70.2 Å². The zero-order chi connectivity index (χ0) is 26.0. The average Bonchev–Trinajstić information content (AvgIpc) is 2.78. The van der Waals surface area contributed by atoms with E-state index in [-0.39, 0.29) is 21.7 Å². The van der Waals surface area contributed by atoms with Crippen LogP contribution in [0.3, 0.4) is 0 Å². The number of aromatic nitrogens is 1. The van der Waals surface area contributed by atoms with Gasteiger partial charge in [0.1, 0.15) is 6.34 Å². The van der Waals surface area contributed by atoms with Gasteiger partial charge in [0.25, 0.3) is 10.0 Å². The van der Waals surface area contributed by atoms with Gasteiger partial charge in [-0.2, -0.15) is 21.6 Å². The highest BCUT2D eigenvalue weighted by atomic mass is 35.5. The highest BCUT2D eigenvalue weighted by Gasteiger charge is 2.32. The Bertz CT molecular complexity index is 1390. The van der Waals surface area contributed by atoms with Gasteiger partial charge in [0.2, 0.25) is 5.91 Å². The molecule has 3 aromatic rings. The van der Waals surface area contributed by atoms with E-state index in [1.807, 2.05) is 0 Å². The van der Waals surface area contributed by atoms with Gasteiger partial charge in [0.15, 0.2) is 0 Å². The Morgan fingerprint density at radius 2 is 1.83 bits per heavy atom. The van der Waals surface area contributed by atoms with Gasteiger partial charge in [-0.05, 0) is 29.3 Å². The lowest BCUT2D eigenvalue weighted by Gasteiger charge is -2.18. The minimum atomic E-state index is -4.69. The SMILES string of the molecule is CN(C)/C=N/S(=O)(=O)c1cc(C(C(N)=O)c2ccccc2Cl)ccc1-c1cncc(C(F)(F)F)c1. The van der Waals surface area contributed by atoms with E-state index in [4.69, 9.17) is 17.3 Å². The number of benzene rings is 2. The van der Waals surface area contributed by atoms with Crippen LogP contribution in [0.2, 0.25) is 5.02 Å². The predicted molar refractivity (Wildman–Crippen MR) is 127 cm³/mol. The Morgan fingerprint density at radius 3 is 2.43 bits per heavy atom.